The van der Waals surface area contributed by atoms with Crippen molar-refractivity contribution >= 4 is 5.69 Å². The molecule has 122 valence electrons. The third-order valence-electron chi connectivity index (χ3n) is 4.12. The first-order valence-electron chi connectivity index (χ1n) is 7.90. The van der Waals surface area contributed by atoms with E-state index in [0.717, 1.165) is 43.5 Å². The lowest BCUT2D eigenvalue weighted by Crippen LogP contribution is -2.29. The van der Waals surface area contributed by atoms with Crippen LogP contribution in [0.25, 0.3) is 0 Å². The second-order valence-corrected chi connectivity index (χ2v) is 5.61. The van der Waals surface area contributed by atoms with Crippen molar-refractivity contribution in [2.75, 3.05) is 19.8 Å². The number of nitro benzene ring substituents is 1. The van der Waals surface area contributed by atoms with Crippen molar-refractivity contribution in [1.29, 1.82) is 0 Å². The van der Waals surface area contributed by atoms with Gasteiger partial charge < -0.3 is 9.84 Å². The number of likely N-dealkylation sites (tertiary alicyclic amines) is 1. The number of rotatable bonds is 8. The molecule has 1 aromatic carbocycles. The predicted molar refractivity (Wildman–Crippen MR) is 84.0 cm³/mol. The van der Waals surface area contributed by atoms with E-state index in [2.05, 4.69) is 4.90 Å². The lowest BCUT2D eigenvalue weighted by atomic mass is 10.1. The zero-order valence-corrected chi connectivity index (χ0v) is 13.0. The summed E-state index contributed by atoms with van der Waals surface area (Å²) in [6, 6.07) is 5.24. The molecule has 0 aromatic heterocycles. The zero-order chi connectivity index (χ0) is 15.9. The minimum absolute atomic E-state index is 0.101. The molecule has 1 atom stereocenters. The number of aliphatic hydroxyl groups is 1. The molecule has 1 unspecified atom stereocenters. The van der Waals surface area contributed by atoms with Gasteiger partial charge in [-0.2, -0.15) is 0 Å². The molecular weight excluding hydrogens is 284 g/mol. The summed E-state index contributed by atoms with van der Waals surface area (Å²) < 4.78 is 5.61. The van der Waals surface area contributed by atoms with Gasteiger partial charge in [-0.3, -0.25) is 15.0 Å². The first-order valence-corrected chi connectivity index (χ1v) is 7.90. The first-order chi connectivity index (χ1) is 10.7. The van der Waals surface area contributed by atoms with Crippen molar-refractivity contribution in [2.45, 2.75) is 45.2 Å². The van der Waals surface area contributed by atoms with E-state index in [9.17, 15) is 10.1 Å². The predicted octanol–water partition coefficient (Wildman–Crippen LogP) is 2.73. The normalized spacial score (nSPS) is 18.5. The van der Waals surface area contributed by atoms with Gasteiger partial charge in [-0.15, -0.1) is 0 Å². The molecule has 1 N–H and O–H groups in total. The van der Waals surface area contributed by atoms with Crippen molar-refractivity contribution in [1.82, 2.24) is 4.90 Å². The van der Waals surface area contributed by atoms with Crippen molar-refractivity contribution < 1.29 is 14.8 Å². The maximum atomic E-state index is 11.0. The second kappa shape index (κ2) is 8.10. The Balaban J connectivity index is 2.15. The van der Waals surface area contributed by atoms with E-state index in [-0.39, 0.29) is 17.2 Å². The molecule has 2 rings (SSSR count). The monoisotopic (exact) mass is 308 g/mol. The van der Waals surface area contributed by atoms with Crippen molar-refractivity contribution in [3.8, 4) is 5.75 Å². The third kappa shape index (κ3) is 4.18. The van der Waals surface area contributed by atoms with E-state index in [1.807, 2.05) is 6.92 Å². The van der Waals surface area contributed by atoms with Crippen molar-refractivity contribution in [3.63, 3.8) is 0 Å². The molecule has 1 aliphatic rings. The summed E-state index contributed by atoms with van der Waals surface area (Å²) in [5.74, 6) is 0.723. The van der Waals surface area contributed by atoms with Gasteiger partial charge >= 0.3 is 0 Å². The molecule has 1 fully saturated rings. The van der Waals surface area contributed by atoms with Crippen LogP contribution >= 0.6 is 0 Å². The fourth-order valence-electron chi connectivity index (χ4n) is 3.08. The standard InChI is InChI=1S/C16H24N2O4/c1-2-22-16-8-7-15(18(20)21)11-13(16)12-17-9-3-5-14(17)6-4-10-19/h7-8,11,14,19H,2-6,9-10,12H2,1H3. The van der Waals surface area contributed by atoms with Gasteiger partial charge in [0.1, 0.15) is 5.75 Å². The molecule has 0 aliphatic carbocycles. The van der Waals surface area contributed by atoms with Gasteiger partial charge in [0, 0.05) is 36.9 Å². The highest BCUT2D eigenvalue weighted by Crippen LogP contribution is 2.29. The van der Waals surface area contributed by atoms with E-state index < -0.39 is 0 Å². The number of hydrogen-bond acceptors (Lipinski definition) is 5. The van der Waals surface area contributed by atoms with Crippen LogP contribution in [0.2, 0.25) is 0 Å². The quantitative estimate of drug-likeness (QED) is 0.590. The average Bonchev–Trinajstić information content (AvgIpc) is 2.94. The number of nitrogens with zero attached hydrogens (tertiary/aromatic N) is 2. The fourth-order valence-corrected chi connectivity index (χ4v) is 3.08. The third-order valence-corrected chi connectivity index (χ3v) is 4.12. The van der Waals surface area contributed by atoms with Crippen LogP contribution in [0.4, 0.5) is 5.69 Å². The van der Waals surface area contributed by atoms with Crippen LogP contribution in [-0.2, 0) is 6.54 Å². The number of aliphatic hydroxyl groups excluding tert-OH is 1. The molecule has 6 heteroatoms. The van der Waals surface area contributed by atoms with Gasteiger partial charge in [0.05, 0.1) is 11.5 Å². The van der Waals surface area contributed by atoms with Crippen LogP contribution in [-0.4, -0.2) is 40.7 Å². The number of benzene rings is 1. The van der Waals surface area contributed by atoms with Gasteiger partial charge in [0.15, 0.2) is 0 Å². The van der Waals surface area contributed by atoms with Gasteiger partial charge in [-0.25, -0.2) is 0 Å². The summed E-state index contributed by atoms with van der Waals surface area (Å²) in [5, 5.41) is 20.0. The molecule has 1 aliphatic heterocycles. The lowest BCUT2D eigenvalue weighted by Gasteiger charge is -2.25. The van der Waals surface area contributed by atoms with Crippen LogP contribution in [0.1, 0.15) is 38.2 Å². The molecule has 1 heterocycles. The van der Waals surface area contributed by atoms with Crippen LogP contribution in [0.5, 0.6) is 5.75 Å². The molecule has 22 heavy (non-hydrogen) atoms. The Morgan fingerprint density at radius 3 is 3.00 bits per heavy atom. The molecular formula is C16H24N2O4. The molecule has 0 radical (unpaired) electrons. The highest BCUT2D eigenvalue weighted by Gasteiger charge is 2.25. The van der Waals surface area contributed by atoms with E-state index in [1.165, 1.54) is 6.07 Å². The number of ether oxygens (including phenoxy) is 1. The average molecular weight is 308 g/mol. The summed E-state index contributed by atoms with van der Waals surface area (Å²) in [4.78, 5) is 13.0. The van der Waals surface area contributed by atoms with E-state index in [1.54, 1.807) is 12.1 Å². The molecule has 0 spiro atoms. The number of hydrogen-bond donors (Lipinski definition) is 1. The summed E-state index contributed by atoms with van der Waals surface area (Å²) in [5.41, 5.74) is 0.969. The van der Waals surface area contributed by atoms with Crippen LogP contribution in [0.3, 0.4) is 0 Å². The molecule has 0 amide bonds. The summed E-state index contributed by atoms with van der Waals surface area (Å²) in [7, 11) is 0. The van der Waals surface area contributed by atoms with Crippen LogP contribution < -0.4 is 4.74 Å². The smallest absolute Gasteiger partial charge is 0.270 e. The van der Waals surface area contributed by atoms with Crippen molar-refractivity contribution in [3.05, 3.63) is 33.9 Å². The minimum atomic E-state index is -0.369. The van der Waals surface area contributed by atoms with Crippen molar-refractivity contribution in [2.24, 2.45) is 0 Å². The highest BCUT2D eigenvalue weighted by molar-refractivity contribution is 5.43. The number of non-ortho nitro benzene ring substituents is 1. The Labute approximate surface area is 130 Å². The Bertz CT molecular complexity index is 507. The minimum Gasteiger partial charge on any atom is -0.494 e. The molecule has 0 bridgehead atoms. The van der Waals surface area contributed by atoms with E-state index >= 15 is 0 Å². The molecule has 1 saturated heterocycles. The molecule has 0 saturated carbocycles. The summed E-state index contributed by atoms with van der Waals surface area (Å²) >= 11 is 0. The maximum absolute atomic E-state index is 11.0. The van der Waals surface area contributed by atoms with E-state index in [4.69, 9.17) is 9.84 Å². The first kappa shape index (κ1) is 16.7. The Morgan fingerprint density at radius 1 is 1.50 bits per heavy atom. The fraction of sp³-hybridized carbons (Fsp3) is 0.625. The van der Waals surface area contributed by atoms with Gasteiger partial charge in [0.25, 0.3) is 5.69 Å². The zero-order valence-electron chi connectivity index (χ0n) is 13.0. The second-order valence-electron chi connectivity index (χ2n) is 5.61. The van der Waals surface area contributed by atoms with Crippen LogP contribution in [0, 0.1) is 10.1 Å². The highest BCUT2D eigenvalue weighted by atomic mass is 16.6. The van der Waals surface area contributed by atoms with Crippen LogP contribution in [0.15, 0.2) is 18.2 Å². The largest absolute Gasteiger partial charge is 0.494 e. The maximum Gasteiger partial charge on any atom is 0.270 e. The van der Waals surface area contributed by atoms with E-state index in [0.29, 0.717) is 19.2 Å². The Hall–Kier alpha value is -1.66. The summed E-state index contributed by atoms with van der Waals surface area (Å²) in [6.07, 6.45) is 4.03. The topological polar surface area (TPSA) is 75.8 Å². The lowest BCUT2D eigenvalue weighted by molar-refractivity contribution is -0.385. The van der Waals surface area contributed by atoms with Gasteiger partial charge in [0.2, 0.25) is 0 Å². The Kier molecular flexibility index (Phi) is 6.15. The SMILES string of the molecule is CCOc1ccc([N+](=O)[O-])cc1CN1CCCC1CCCO. The number of nitro groups is 1. The Morgan fingerprint density at radius 2 is 2.32 bits per heavy atom. The van der Waals surface area contributed by atoms with Gasteiger partial charge in [-0.05, 0) is 45.2 Å². The molecule has 1 aromatic rings. The molecule has 6 nitrogen and oxygen atoms in total. The van der Waals surface area contributed by atoms with Gasteiger partial charge in [-0.1, -0.05) is 0 Å². The summed E-state index contributed by atoms with van der Waals surface area (Å²) in [6.45, 7) is 4.31.